The Morgan fingerprint density at radius 1 is 1.57 bits per heavy atom. The van der Waals surface area contributed by atoms with Crippen LogP contribution in [0, 0.1) is 0 Å². The molecule has 0 fully saturated rings. The molecule has 2 aromatic rings. The summed E-state index contributed by atoms with van der Waals surface area (Å²) in [4.78, 5) is 19.5. The molecule has 1 atom stereocenters. The van der Waals surface area contributed by atoms with Crippen LogP contribution < -0.4 is 5.73 Å². The van der Waals surface area contributed by atoms with Crippen molar-refractivity contribution in [3.63, 3.8) is 0 Å². The molecule has 5 heteroatoms. The second kappa shape index (κ2) is 3.19. The van der Waals surface area contributed by atoms with Crippen LogP contribution in [-0.4, -0.2) is 26.2 Å². The van der Waals surface area contributed by atoms with Gasteiger partial charge in [-0.25, -0.2) is 9.97 Å². The predicted octanol–water partition coefficient (Wildman–Crippen LogP) is 0.259. The van der Waals surface area contributed by atoms with E-state index >= 15 is 0 Å². The van der Waals surface area contributed by atoms with Gasteiger partial charge in [-0.3, -0.25) is 9.20 Å². The highest BCUT2D eigenvalue weighted by Crippen LogP contribution is 2.03. The van der Waals surface area contributed by atoms with Crippen molar-refractivity contribution in [2.24, 2.45) is 5.73 Å². The number of imidazole rings is 1. The quantitative estimate of drug-likeness (QED) is 0.689. The number of carbonyl (C=O) groups excluding carboxylic acids is 1. The number of fused-ring (bicyclic) bond motifs is 1. The number of nitrogens with two attached hydrogens (primary N) is 1. The molecule has 0 saturated heterocycles. The molecule has 1 unspecified atom stereocenters. The van der Waals surface area contributed by atoms with E-state index < -0.39 is 6.04 Å². The van der Waals surface area contributed by atoms with Crippen molar-refractivity contribution in [3.8, 4) is 0 Å². The van der Waals surface area contributed by atoms with E-state index in [0.717, 1.165) is 0 Å². The summed E-state index contributed by atoms with van der Waals surface area (Å²) in [6.45, 7) is 1.65. The molecule has 2 N–H and O–H groups in total. The molecular weight excluding hydrogens is 180 g/mol. The van der Waals surface area contributed by atoms with E-state index in [0.29, 0.717) is 11.3 Å². The van der Waals surface area contributed by atoms with Gasteiger partial charge in [0.1, 0.15) is 0 Å². The van der Waals surface area contributed by atoms with Crippen LogP contribution in [0.5, 0.6) is 0 Å². The molecule has 0 aliphatic rings. The van der Waals surface area contributed by atoms with Gasteiger partial charge in [-0.05, 0) is 6.92 Å². The van der Waals surface area contributed by atoms with E-state index in [-0.39, 0.29) is 5.78 Å². The fraction of sp³-hybridized carbons (Fsp3) is 0.222. The molecule has 0 spiro atoms. The van der Waals surface area contributed by atoms with Crippen molar-refractivity contribution in [2.75, 3.05) is 0 Å². The number of aromatic nitrogens is 3. The van der Waals surface area contributed by atoms with E-state index in [1.165, 1.54) is 6.20 Å². The molecule has 0 aliphatic carbocycles. The predicted molar refractivity (Wildman–Crippen MR) is 51.0 cm³/mol. The molecule has 0 saturated carbocycles. The Hall–Kier alpha value is -1.75. The maximum atomic E-state index is 11.5. The van der Waals surface area contributed by atoms with Crippen LogP contribution in [0.15, 0.2) is 24.8 Å². The van der Waals surface area contributed by atoms with E-state index in [4.69, 9.17) is 5.73 Å². The third kappa shape index (κ3) is 1.38. The van der Waals surface area contributed by atoms with Gasteiger partial charge in [0, 0.05) is 24.8 Å². The molecule has 0 radical (unpaired) electrons. The number of Topliss-reactive ketones (excluding diaryl/α,β-unsaturated/α-hetero) is 1. The lowest BCUT2D eigenvalue weighted by Gasteiger charge is -2.03. The number of rotatable bonds is 2. The summed E-state index contributed by atoms with van der Waals surface area (Å²) in [5.74, 6) is 0.458. The Kier molecular flexibility index (Phi) is 2.01. The van der Waals surface area contributed by atoms with Crippen molar-refractivity contribution in [2.45, 2.75) is 13.0 Å². The van der Waals surface area contributed by atoms with Gasteiger partial charge in [0.25, 0.3) is 0 Å². The van der Waals surface area contributed by atoms with Crippen molar-refractivity contribution < 1.29 is 4.79 Å². The first kappa shape index (κ1) is 8.83. The lowest BCUT2D eigenvalue weighted by atomic mass is 10.1. The normalized spacial score (nSPS) is 13.0. The van der Waals surface area contributed by atoms with E-state index in [1.54, 1.807) is 29.9 Å². The van der Waals surface area contributed by atoms with Gasteiger partial charge in [0.05, 0.1) is 11.6 Å². The van der Waals surface area contributed by atoms with Crippen LogP contribution >= 0.6 is 0 Å². The molecule has 0 aromatic carbocycles. The zero-order chi connectivity index (χ0) is 10.1. The summed E-state index contributed by atoms with van der Waals surface area (Å²) >= 11 is 0. The molecule has 5 nitrogen and oxygen atoms in total. The Bertz CT molecular complexity index is 474. The largest absolute Gasteiger partial charge is 0.321 e. The highest BCUT2D eigenvalue weighted by atomic mass is 16.1. The van der Waals surface area contributed by atoms with Gasteiger partial charge < -0.3 is 5.73 Å². The fourth-order valence-electron chi connectivity index (χ4n) is 1.21. The van der Waals surface area contributed by atoms with E-state index in [2.05, 4.69) is 9.97 Å². The third-order valence-electron chi connectivity index (χ3n) is 1.94. The first-order valence-electron chi connectivity index (χ1n) is 4.27. The lowest BCUT2D eigenvalue weighted by molar-refractivity contribution is 0.0967. The molecular formula is C9H10N4O. The minimum absolute atomic E-state index is 0.117. The maximum absolute atomic E-state index is 11.5. The smallest absolute Gasteiger partial charge is 0.233 e. The van der Waals surface area contributed by atoms with Crippen LogP contribution in [-0.2, 0) is 0 Å². The molecule has 14 heavy (non-hydrogen) atoms. The van der Waals surface area contributed by atoms with Gasteiger partial charge in [-0.2, -0.15) is 0 Å². The van der Waals surface area contributed by atoms with Crippen LogP contribution in [0.2, 0.25) is 0 Å². The number of ketones is 1. The molecule has 2 heterocycles. The summed E-state index contributed by atoms with van der Waals surface area (Å²) in [5.41, 5.74) is 5.99. The van der Waals surface area contributed by atoms with Gasteiger partial charge in [0.15, 0.2) is 5.78 Å². The highest BCUT2D eigenvalue weighted by molar-refractivity contribution is 5.99. The number of nitrogens with zero attached hydrogens (tertiary/aromatic N) is 3. The molecule has 0 aliphatic heterocycles. The monoisotopic (exact) mass is 190 g/mol. The highest BCUT2D eigenvalue weighted by Gasteiger charge is 2.11. The second-order valence-electron chi connectivity index (χ2n) is 3.13. The fourth-order valence-corrected chi connectivity index (χ4v) is 1.21. The summed E-state index contributed by atoms with van der Waals surface area (Å²) in [5, 5.41) is 0. The summed E-state index contributed by atoms with van der Waals surface area (Å²) in [6, 6.07) is -0.502. The van der Waals surface area contributed by atoms with Crippen LogP contribution in [0.25, 0.3) is 5.78 Å². The minimum Gasteiger partial charge on any atom is -0.321 e. The molecule has 72 valence electrons. The van der Waals surface area contributed by atoms with Crippen LogP contribution in [0.3, 0.4) is 0 Å². The summed E-state index contributed by atoms with van der Waals surface area (Å²) in [7, 11) is 0. The Morgan fingerprint density at radius 3 is 3.07 bits per heavy atom. The molecule has 0 bridgehead atoms. The topological polar surface area (TPSA) is 73.3 Å². The lowest BCUT2D eigenvalue weighted by Crippen LogP contribution is -2.26. The molecule has 2 rings (SSSR count). The van der Waals surface area contributed by atoms with Crippen molar-refractivity contribution in [1.29, 1.82) is 0 Å². The SMILES string of the molecule is CC(N)C(=O)c1cnc2nccn2c1. The van der Waals surface area contributed by atoms with Crippen LogP contribution in [0.1, 0.15) is 17.3 Å². The molecule has 2 aromatic heterocycles. The number of hydrogen-bond acceptors (Lipinski definition) is 4. The van der Waals surface area contributed by atoms with E-state index in [9.17, 15) is 4.79 Å². The number of hydrogen-bond donors (Lipinski definition) is 1. The zero-order valence-electron chi connectivity index (χ0n) is 7.71. The molecule has 0 amide bonds. The third-order valence-corrected chi connectivity index (χ3v) is 1.94. The van der Waals surface area contributed by atoms with Crippen molar-refractivity contribution >= 4 is 11.6 Å². The van der Waals surface area contributed by atoms with Gasteiger partial charge in [-0.1, -0.05) is 0 Å². The average molecular weight is 190 g/mol. The Balaban J connectivity index is 2.48. The first-order valence-corrected chi connectivity index (χ1v) is 4.27. The van der Waals surface area contributed by atoms with E-state index in [1.807, 2.05) is 0 Å². The Morgan fingerprint density at radius 2 is 2.36 bits per heavy atom. The summed E-state index contributed by atoms with van der Waals surface area (Å²) in [6.07, 6.45) is 6.54. The minimum atomic E-state index is -0.502. The van der Waals surface area contributed by atoms with Crippen molar-refractivity contribution in [1.82, 2.24) is 14.4 Å². The first-order chi connectivity index (χ1) is 6.68. The summed E-state index contributed by atoms with van der Waals surface area (Å²) < 4.78 is 1.69. The average Bonchev–Trinajstić information content (AvgIpc) is 2.62. The van der Waals surface area contributed by atoms with Gasteiger partial charge in [0.2, 0.25) is 5.78 Å². The van der Waals surface area contributed by atoms with Crippen LogP contribution in [0.4, 0.5) is 0 Å². The number of carbonyl (C=O) groups is 1. The second-order valence-corrected chi connectivity index (χ2v) is 3.13. The zero-order valence-corrected chi connectivity index (χ0v) is 7.71. The maximum Gasteiger partial charge on any atom is 0.233 e. The van der Waals surface area contributed by atoms with Gasteiger partial charge >= 0.3 is 0 Å². The van der Waals surface area contributed by atoms with Crippen molar-refractivity contribution in [3.05, 3.63) is 30.4 Å². The standard InChI is InChI=1S/C9H10N4O/c1-6(10)8(14)7-4-12-9-11-2-3-13(9)5-7/h2-6H,10H2,1H3. The Labute approximate surface area is 80.6 Å². The van der Waals surface area contributed by atoms with Gasteiger partial charge in [-0.15, -0.1) is 0 Å².